The Balaban J connectivity index is 1.76. The maximum atomic E-state index is 12.3. The number of carbonyl (C=O) groups is 2. The highest BCUT2D eigenvalue weighted by atomic mass is 16.6. The van der Waals surface area contributed by atoms with Gasteiger partial charge < -0.3 is 14.8 Å². The fourth-order valence-corrected chi connectivity index (χ4v) is 2.39. The van der Waals surface area contributed by atoms with Crippen LogP contribution in [0.1, 0.15) is 5.56 Å². The normalized spacial score (nSPS) is 13.3. The van der Waals surface area contributed by atoms with Crippen molar-refractivity contribution in [1.82, 2.24) is 0 Å². The first-order chi connectivity index (χ1) is 12.6. The fraction of sp³-hybridized carbons (Fsp3) is 0.111. The number of para-hydroxylation sites is 2. The number of ether oxygens (including phenoxy) is 2. The van der Waals surface area contributed by atoms with Gasteiger partial charge in [-0.3, -0.25) is 14.9 Å². The summed E-state index contributed by atoms with van der Waals surface area (Å²) < 4.78 is 10.3. The molecule has 26 heavy (non-hydrogen) atoms. The highest BCUT2D eigenvalue weighted by Gasteiger charge is 2.32. The Bertz CT molecular complexity index is 892. The standard InChI is InChI=1S/C18H14N2O6/c21-15-11-25-17(19-13-7-2-1-3-8-13)16(15)18(22)26-10-12-6-4-5-9-14(12)20(23)24/h1-9,19H,10-11H2. The number of anilines is 1. The van der Waals surface area contributed by atoms with E-state index in [-0.39, 0.29) is 35.9 Å². The van der Waals surface area contributed by atoms with Crippen molar-refractivity contribution in [2.45, 2.75) is 6.61 Å². The topological polar surface area (TPSA) is 108 Å². The molecule has 0 atom stereocenters. The SMILES string of the molecule is O=C1COC(Nc2ccccc2)=C1C(=O)OCc1ccccc1[N+](=O)[O-]. The van der Waals surface area contributed by atoms with E-state index in [1.54, 1.807) is 30.3 Å². The number of benzene rings is 2. The summed E-state index contributed by atoms with van der Waals surface area (Å²) in [6.45, 7) is -0.601. The molecule has 0 aromatic heterocycles. The van der Waals surface area contributed by atoms with Crippen LogP contribution in [0.2, 0.25) is 0 Å². The molecule has 1 aliphatic rings. The van der Waals surface area contributed by atoms with Gasteiger partial charge in [-0.25, -0.2) is 4.79 Å². The Morgan fingerprint density at radius 2 is 1.85 bits per heavy atom. The van der Waals surface area contributed by atoms with Crippen molar-refractivity contribution < 1.29 is 24.0 Å². The highest BCUT2D eigenvalue weighted by molar-refractivity contribution is 6.19. The van der Waals surface area contributed by atoms with Crippen LogP contribution in [0.25, 0.3) is 0 Å². The van der Waals surface area contributed by atoms with Crippen molar-refractivity contribution >= 4 is 23.1 Å². The predicted molar refractivity (Wildman–Crippen MR) is 90.9 cm³/mol. The van der Waals surface area contributed by atoms with Gasteiger partial charge in [0.05, 0.1) is 10.5 Å². The Labute approximate surface area is 148 Å². The van der Waals surface area contributed by atoms with Gasteiger partial charge in [0.1, 0.15) is 6.61 Å². The van der Waals surface area contributed by atoms with Gasteiger partial charge in [-0.05, 0) is 18.2 Å². The molecule has 0 amide bonds. The second-order valence-corrected chi connectivity index (χ2v) is 5.37. The van der Waals surface area contributed by atoms with Crippen LogP contribution in [-0.2, 0) is 25.7 Å². The Morgan fingerprint density at radius 3 is 2.58 bits per heavy atom. The third kappa shape index (κ3) is 3.69. The monoisotopic (exact) mass is 354 g/mol. The molecule has 2 aromatic rings. The van der Waals surface area contributed by atoms with Crippen LogP contribution in [0.5, 0.6) is 0 Å². The summed E-state index contributed by atoms with van der Waals surface area (Å²) in [5.74, 6) is -1.41. The summed E-state index contributed by atoms with van der Waals surface area (Å²) in [5, 5.41) is 13.9. The number of ketones is 1. The van der Waals surface area contributed by atoms with Crippen molar-refractivity contribution in [3.63, 3.8) is 0 Å². The number of hydrogen-bond acceptors (Lipinski definition) is 7. The molecular weight excluding hydrogens is 340 g/mol. The van der Waals surface area contributed by atoms with Crippen LogP contribution < -0.4 is 5.32 Å². The predicted octanol–water partition coefficient (Wildman–Crippen LogP) is 2.56. The van der Waals surface area contributed by atoms with E-state index in [1.807, 2.05) is 6.07 Å². The summed E-state index contributed by atoms with van der Waals surface area (Å²) in [5.41, 5.74) is 0.468. The fourth-order valence-electron chi connectivity index (χ4n) is 2.39. The van der Waals surface area contributed by atoms with Gasteiger partial charge >= 0.3 is 5.97 Å². The van der Waals surface area contributed by atoms with Crippen LogP contribution in [0.4, 0.5) is 11.4 Å². The maximum absolute atomic E-state index is 12.3. The van der Waals surface area contributed by atoms with E-state index in [0.29, 0.717) is 5.69 Å². The minimum absolute atomic E-state index is 0.00811. The molecule has 0 spiro atoms. The highest BCUT2D eigenvalue weighted by Crippen LogP contribution is 2.23. The van der Waals surface area contributed by atoms with Gasteiger partial charge in [0.2, 0.25) is 11.7 Å². The molecule has 0 saturated heterocycles. The van der Waals surface area contributed by atoms with Crippen LogP contribution in [-0.4, -0.2) is 23.3 Å². The van der Waals surface area contributed by atoms with E-state index in [0.717, 1.165) is 0 Å². The van der Waals surface area contributed by atoms with E-state index >= 15 is 0 Å². The molecule has 8 nitrogen and oxygen atoms in total. The number of nitro groups is 1. The van der Waals surface area contributed by atoms with E-state index < -0.39 is 16.7 Å². The second kappa shape index (κ2) is 7.47. The maximum Gasteiger partial charge on any atom is 0.347 e. The van der Waals surface area contributed by atoms with Gasteiger partial charge in [-0.2, -0.15) is 0 Å². The Kier molecular flexibility index (Phi) is 4.93. The van der Waals surface area contributed by atoms with E-state index in [9.17, 15) is 19.7 Å². The number of nitro benzene ring substituents is 1. The molecule has 1 N–H and O–H groups in total. The molecule has 0 saturated carbocycles. The van der Waals surface area contributed by atoms with Crippen LogP contribution in [0.15, 0.2) is 66.1 Å². The van der Waals surface area contributed by atoms with Crippen molar-refractivity contribution in [1.29, 1.82) is 0 Å². The summed E-state index contributed by atoms with van der Waals surface area (Å²) in [6, 6.07) is 14.8. The minimum Gasteiger partial charge on any atom is -0.470 e. The third-order valence-electron chi connectivity index (χ3n) is 3.64. The quantitative estimate of drug-likeness (QED) is 0.367. The van der Waals surface area contributed by atoms with E-state index in [4.69, 9.17) is 9.47 Å². The number of Topliss-reactive ketones (excluding diaryl/α,β-unsaturated/α-hetero) is 1. The number of rotatable bonds is 6. The molecule has 2 aromatic carbocycles. The molecule has 8 heteroatoms. The second-order valence-electron chi connectivity index (χ2n) is 5.37. The van der Waals surface area contributed by atoms with Gasteiger partial charge in [-0.15, -0.1) is 0 Å². The largest absolute Gasteiger partial charge is 0.470 e. The zero-order valence-electron chi connectivity index (χ0n) is 13.5. The van der Waals surface area contributed by atoms with Crippen LogP contribution in [0.3, 0.4) is 0 Å². The average molecular weight is 354 g/mol. The first-order valence-electron chi connectivity index (χ1n) is 7.68. The molecule has 1 aliphatic heterocycles. The lowest BCUT2D eigenvalue weighted by atomic mass is 10.2. The number of nitrogens with one attached hydrogen (secondary N) is 1. The summed E-state index contributed by atoms with van der Waals surface area (Å²) >= 11 is 0. The number of hydrogen-bond donors (Lipinski definition) is 1. The lowest BCUT2D eigenvalue weighted by Gasteiger charge is -2.09. The summed E-state index contributed by atoms with van der Waals surface area (Å²) in [4.78, 5) is 34.7. The van der Waals surface area contributed by atoms with Crippen LogP contribution >= 0.6 is 0 Å². The summed E-state index contributed by atoms with van der Waals surface area (Å²) in [7, 11) is 0. The van der Waals surface area contributed by atoms with Crippen LogP contribution in [0, 0.1) is 10.1 Å². The molecule has 0 radical (unpaired) electrons. The third-order valence-corrected chi connectivity index (χ3v) is 3.64. The van der Waals surface area contributed by atoms with Crippen molar-refractivity contribution in [2.75, 3.05) is 11.9 Å². The van der Waals surface area contributed by atoms with Crippen molar-refractivity contribution in [3.05, 3.63) is 81.7 Å². The van der Waals surface area contributed by atoms with Crippen molar-refractivity contribution in [2.24, 2.45) is 0 Å². The van der Waals surface area contributed by atoms with Crippen molar-refractivity contribution in [3.8, 4) is 0 Å². The Morgan fingerprint density at radius 1 is 1.15 bits per heavy atom. The zero-order valence-corrected chi connectivity index (χ0v) is 13.5. The number of nitrogens with zero attached hydrogens (tertiary/aromatic N) is 1. The van der Waals surface area contributed by atoms with Gasteiger partial charge in [0, 0.05) is 11.8 Å². The van der Waals surface area contributed by atoms with E-state index in [2.05, 4.69) is 5.32 Å². The smallest absolute Gasteiger partial charge is 0.347 e. The molecule has 0 bridgehead atoms. The average Bonchev–Trinajstić information content (AvgIpc) is 3.01. The summed E-state index contributed by atoms with van der Waals surface area (Å²) in [6.07, 6.45) is 0. The van der Waals surface area contributed by atoms with Gasteiger partial charge in [0.25, 0.3) is 5.69 Å². The molecule has 3 rings (SSSR count). The minimum atomic E-state index is -0.899. The molecule has 0 fully saturated rings. The zero-order chi connectivity index (χ0) is 18.5. The lowest BCUT2D eigenvalue weighted by Crippen LogP contribution is -2.16. The Hall–Kier alpha value is -3.68. The molecule has 0 unspecified atom stereocenters. The first kappa shape index (κ1) is 17.2. The first-order valence-corrected chi connectivity index (χ1v) is 7.68. The molecule has 132 valence electrons. The molecule has 0 aliphatic carbocycles. The van der Waals surface area contributed by atoms with E-state index in [1.165, 1.54) is 18.2 Å². The molecular formula is C18H14N2O6. The molecule has 1 heterocycles. The number of esters is 1. The van der Waals surface area contributed by atoms with Gasteiger partial charge in [-0.1, -0.05) is 30.3 Å². The number of carbonyl (C=O) groups excluding carboxylic acids is 2. The lowest BCUT2D eigenvalue weighted by molar-refractivity contribution is -0.385. The van der Waals surface area contributed by atoms with Gasteiger partial charge in [0.15, 0.2) is 12.2 Å².